The zero-order valence-electron chi connectivity index (χ0n) is 31.2. The molecule has 278 valence electrons. The summed E-state index contributed by atoms with van der Waals surface area (Å²) >= 11 is 0. The molecule has 0 saturated carbocycles. The van der Waals surface area contributed by atoms with Gasteiger partial charge in [0.15, 0.2) is 0 Å². The molecule has 54 heavy (non-hydrogen) atoms. The first-order valence-corrected chi connectivity index (χ1v) is 17.7. The number of benzene rings is 6. The van der Waals surface area contributed by atoms with E-state index in [-0.39, 0.29) is 13.2 Å². The third-order valence-corrected chi connectivity index (χ3v) is 9.60. The number of allylic oxidation sites excluding steroid dienone is 2. The summed E-state index contributed by atoms with van der Waals surface area (Å²) in [6.45, 7) is 8.11. The number of rotatable bonds is 17. The van der Waals surface area contributed by atoms with E-state index in [0.717, 1.165) is 33.0 Å². The van der Waals surface area contributed by atoms with Gasteiger partial charge in [-0.3, -0.25) is 0 Å². The van der Waals surface area contributed by atoms with E-state index in [2.05, 4.69) is 13.2 Å². The average Bonchev–Trinajstić information content (AvgIpc) is 3.21. The molecule has 0 bridgehead atoms. The third-order valence-electron chi connectivity index (χ3n) is 9.60. The van der Waals surface area contributed by atoms with E-state index in [9.17, 15) is 10.2 Å². The van der Waals surface area contributed by atoms with Gasteiger partial charge in [0, 0.05) is 32.7 Å². The summed E-state index contributed by atoms with van der Waals surface area (Å²) < 4.78 is 38.0. The highest BCUT2D eigenvalue weighted by Gasteiger charge is 2.30. The summed E-state index contributed by atoms with van der Waals surface area (Å²) in [5.74, 6) is 3.10. The summed E-state index contributed by atoms with van der Waals surface area (Å²) in [7, 11) is 6.39. The van der Waals surface area contributed by atoms with Crippen molar-refractivity contribution in [3.05, 3.63) is 144 Å². The molecule has 8 heteroatoms. The van der Waals surface area contributed by atoms with E-state index in [1.807, 2.05) is 84.9 Å². The van der Waals surface area contributed by atoms with Gasteiger partial charge in [-0.1, -0.05) is 72.8 Å². The minimum absolute atomic E-state index is 0.226. The maximum absolute atomic E-state index is 10.7. The van der Waals surface area contributed by atoms with Crippen molar-refractivity contribution in [1.29, 1.82) is 0 Å². The standard InChI is InChI=1S/C46H46O8/c1-7-15-33-31(25-47)21-35-37(43(33)53-27-29-17-11-9-12-18-29)23-39(49-3)41(45(35)51-5)42-40(50-4)24-38-36(46(42)52-6)22-32(26-48)34(16-8-2)44(38)54-28-30-19-13-10-14-20-30/h7-14,17-24,47-48H,1-2,15-16,25-28H2,3-6H3. The van der Waals surface area contributed by atoms with Crippen LogP contribution in [-0.2, 0) is 39.3 Å². The Morgan fingerprint density at radius 2 is 0.870 bits per heavy atom. The molecule has 0 atom stereocenters. The fourth-order valence-corrected chi connectivity index (χ4v) is 7.13. The molecule has 6 rings (SSSR count). The molecule has 0 fully saturated rings. The lowest BCUT2D eigenvalue weighted by Gasteiger charge is -2.25. The van der Waals surface area contributed by atoms with Crippen molar-refractivity contribution in [1.82, 2.24) is 0 Å². The predicted octanol–water partition coefficient (Wildman–Crippen LogP) is 9.29. The first kappa shape index (κ1) is 37.8. The molecule has 0 aliphatic heterocycles. The summed E-state index contributed by atoms with van der Waals surface area (Å²) in [5, 5.41) is 24.2. The molecule has 0 spiro atoms. The van der Waals surface area contributed by atoms with Crippen molar-refractivity contribution in [2.75, 3.05) is 28.4 Å². The minimum Gasteiger partial charge on any atom is -0.496 e. The number of fused-ring (bicyclic) bond motifs is 2. The lowest BCUT2D eigenvalue weighted by atomic mass is 9.89. The number of hydrogen-bond donors (Lipinski definition) is 2. The Morgan fingerprint density at radius 1 is 0.500 bits per heavy atom. The van der Waals surface area contributed by atoms with Gasteiger partial charge in [0.05, 0.1) is 52.8 Å². The van der Waals surface area contributed by atoms with Gasteiger partial charge in [0.1, 0.15) is 47.7 Å². The Balaban J connectivity index is 1.66. The van der Waals surface area contributed by atoms with Gasteiger partial charge < -0.3 is 38.6 Å². The molecule has 0 saturated heterocycles. The van der Waals surface area contributed by atoms with Crippen LogP contribution in [0.15, 0.2) is 110 Å². The molecule has 2 N–H and O–H groups in total. The zero-order valence-corrected chi connectivity index (χ0v) is 31.2. The second-order valence-corrected chi connectivity index (χ2v) is 12.7. The maximum Gasteiger partial charge on any atom is 0.138 e. The van der Waals surface area contributed by atoms with Gasteiger partial charge in [-0.15, -0.1) is 13.2 Å². The Bertz CT molecular complexity index is 2120. The normalized spacial score (nSPS) is 11.0. The van der Waals surface area contributed by atoms with Crippen molar-refractivity contribution in [3.8, 4) is 45.6 Å². The van der Waals surface area contributed by atoms with Crippen LogP contribution in [0, 0.1) is 0 Å². The molecular formula is C46H46O8. The van der Waals surface area contributed by atoms with Crippen LogP contribution in [0.1, 0.15) is 33.4 Å². The van der Waals surface area contributed by atoms with E-state index in [0.29, 0.717) is 93.6 Å². The summed E-state index contributed by atoms with van der Waals surface area (Å²) in [4.78, 5) is 0. The van der Waals surface area contributed by atoms with Crippen molar-refractivity contribution in [3.63, 3.8) is 0 Å². The van der Waals surface area contributed by atoms with Gasteiger partial charge in [-0.25, -0.2) is 0 Å². The van der Waals surface area contributed by atoms with Crippen LogP contribution >= 0.6 is 0 Å². The second kappa shape index (κ2) is 17.2. The van der Waals surface area contributed by atoms with E-state index < -0.39 is 0 Å². The monoisotopic (exact) mass is 726 g/mol. The molecule has 8 nitrogen and oxygen atoms in total. The molecule has 0 heterocycles. The second-order valence-electron chi connectivity index (χ2n) is 12.7. The number of hydrogen-bond acceptors (Lipinski definition) is 8. The molecule has 0 aliphatic rings. The average molecular weight is 727 g/mol. The summed E-state index contributed by atoms with van der Waals surface area (Å²) in [6.07, 6.45) is 4.54. The number of aliphatic hydroxyl groups is 2. The van der Waals surface area contributed by atoms with E-state index in [1.54, 1.807) is 40.6 Å². The van der Waals surface area contributed by atoms with Crippen molar-refractivity contribution >= 4 is 21.5 Å². The van der Waals surface area contributed by atoms with Crippen molar-refractivity contribution in [2.45, 2.75) is 39.3 Å². The first-order chi connectivity index (χ1) is 26.5. The topological polar surface area (TPSA) is 95.8 Å². The van der Waals surface area contributed by atoms with Crippen molar-refractivity contribution < 1.29 is 38.6 Å². The van der Waals surface area contributed by atoms with E-state index >= 15 is 0 Å². The fourth-order valence-electron chi connectivity index (χ4n) is 7.13. The zero-order chi connectivity index (χ0) is 38.2. The molecule has 6 aromatic carbocycles. The Hall–Kier alpha value is -5.96. The highest BCUT2D eigenvalue weighted by atomic mass is 16.5. The third kappa shape index (κ3) is 7.18. The predicted molar refractivity (Wildman–Crippen MR) is 214 cm³/mol. The summed E-state index contributed by atoms with van der Waals surface area (Å²) in [5.41, 5.74) is 6.15. The smallest absolute Gasteiger partial charge is 0.138 e. The van der Waals surface area contributed by atoms with E-state index in [1.165, 1.54) is 0 Å². The quantitative estimate of drug-likeness (QED) is 0.0899. The van der Waals surface area contributed by atoms with Crippen molar-refractivity contribution in [2.24, 2.45) is 0 Å². The minimum atomic E-state index is -0.226. The number of methoxy groups -OCH3 is 4. The SMILES string of the molecule is C=CCc1c(CO)cc2c(OC)c(-c3c(OC)cc4c(OCc5ccccc5)c(CC=C)c(CO)cc4c3OC)c(OC)cc2c1OCc1ccccc1. The maximum atomic E-state index is 10.7. The van der Waals surface area contributed by atoms with Gasteiger partial charge in [0.25, 0.3) is 0 Å². The Morgan fingerprint density at radius 3 is 1.19 bits per heavy atom. The number of ether oxygens (including phenoxy) is 6. The molecule has 0 aliphatic carbocycles. The lowest BCUT2D eigenvalue weighted by Crippen LogP contribution is -2.06. The number of aliphatic hydroxyl groups excluding tert-OH is 2. The largest absolute Gasteiger partial charge is 0.496 e. The van der Waals surface area contributed by atoms with Gasteiger partial charge in [-0.2, -0.15) is 0 Å². The molecule has 0 aromatic heterocycles. The van der Waals surface area contributed by atoms with Crippen LogP contribution < -0.4 is 28.4 Å². The van der Waals surface area contributed by atoms with Gasteiger partial charge >= 0.3 is 0 Å². The molecular weight excluding hydrogens is 680 g/mol. The van der Waals surface area contributed by atoms with E-state index in [4.69, 9.17) is 28.4 Å². The van der Waals surface area contributed by atoms with Gasteiger partial charge in [-0.05, 0) is 59.4 Å². The highest BCUT2D eigenvalue weighted by molar-refractivity contribution is 6.08. The van der Waals surface area contributed by atoms with Crippen LogP contribution in [0.5, 0.6) is 34.5 Å². The summed E-state index contributed by atoms with van der Waals surface area (Å²) in [6, 6.07) is 27.5. The fraction of sp³-hybridized carbons (Fsp3) is 0.217. The van der Waals surface area contributed by atoms with Crippen LogP contribution in [0.2, 0.25) is 0 Å². The van der Waals surface area contributed by atoms with Crippen LogP contribution in [0.4, 0.5) is 0 Å². The molecule has 0 unspecified atom stereocenters. The highest BCUT2D eigenvalue weighted by Crippen LogP contribution is 2.55. The Labute approximate surface area is 316 Å². The van der Waals surface area contributed by atoms with Crippen LogP contribution in [0.25, 0.3) is 32.7 Å². The Kier molecular flexibility index (Phi) is 12.1. The van der Waals surface area contributed by atoms with Crippen LogP contribution in [0.3, 0.4) is 0 Å². The molecule has 0 radical (unpaired) electrons. The lowest BCUT2D eigenvalue weighted by molar-refractivity contribution is 0.276. The molecule has 0 amide bonds. The molecule has 6 aromatic rings. The van der Waals surface area contributed by atoms with Gasteiger partial charge in [0.2, 0.25) is 0 Å². The van der Waals surface area contributed by atoms with Crippen LogP contribution in [-0.4, -0.2) is 38.7 Å². The first-order valence-electron chi connectivity index (χ1n) is 17.7.